The highest BCUT2D eigenvalue weighted by atomic mass is 35.5. The van der Waals surface area contributed by atoms with Crippen molar-refractivity contribution in [3.05, 3.63) is 86.7 Å². The lowest BCUT2D eigenvalue weighted by Gasteiger charge is -2.35. The van der Waals surface area contributed by atoms with Crippen molar-refractivity contribution in [2.75, 3.05) is 19.6 Å². The summed E-state index contributed by atoms with van der Waals surface area (Å²) in [7, 11) is -4.26. The Morgan fingerprint density at radius 3 is 1.10 bits per heavy atom. The average Bonchev–Trinajstić information content (AvgIpc) is 1.55. The number of carboxylic acid groups (broad SMARTS) is 1. The van der Waals surface area contributed by atoms with Crippen LogP contribution in [0.5, 0.6) is 17.6 Å². The number of alkyl halides is 8. The maximum absolute atomic E-state index is 16.2. The van der Waals surface area contributed by atoms with Crippen LogP contribution in [0.25, 0.3) is 33.1 Å². The van der Waals surface area contributed by atoms with Gasteiger partial charge in [-0.25, -0.2) is 56.7 Å². The Hall–Kier alpha value is -9.76. The molecule has 6 aliphatic heterocycles. The molecular formula is C104H129Cl3F8N10O20S. The standard InChI is InChI=1S/C40H49ClF4N4O8S.C34H44ClF2N3O6.C30H36ClF2N3O6/c1-20-29-19-49(31(20)27(50)18-39(17-24(39)33(42)43)36(53)48-58(54,55)38(5)12-13-38)35(52)23(37(2,3)4)16-30(51)56-28-14-21(28)8-6-7-11-40(44,45)32-34(57-29)47-26-15-22(41)9-10-25(26)46-32;1-18-25-17-40(27(18)31(43)46-33(5,6)7)30(42)21(32(2,3)4)16-26(41)44-24-14-19(24)10-8-9-13-34(36,37)28-29(45-25)39-23-15-20(35)11-12-22(23)38-28;1-15-22-14-36(24(15)28(39)40)27(38)18(29(2,3)4)13-23(37)41-21-11-16(21)7-5-6-10-30(32,33)25-26(42-22)35-20-12-17(31)8-9-19(20)34-25/h9-10,15,20-21,23-24,28-29,31,33H,6-8,11-14,16-19H2,1-5H3,(H,48,53);11-12,15,18-19,21,24-25,27H,8-10,13-14,16-17H2,1-7H3;8-9,12,15-16,18,21-22,24H,5-7,10-11,13-14H2,1-4H3,(H,39,40)/t20-,21-,23-,24+,28-,29+,31+,39-;18-,19-,21-,24-,25+,27+;15-,16-,18-,21-,22+,24+/m111/s1. The number of fused-ring (bicyclic) bond motifs is 15. The van der Waals surface area contributed by atoms with Gasteiger partial charge >= 0.3 is 29.8 Å². The monoisotopic (exact) mass is 2130 g/mol. The quantitative estimate of drug-likeness (QED) is 0.0771. The molecule has 798 valence electrons. The van der Waals surface area contributed by atoms with Gasteiger partial charge in [0.25, 0.3) is 17.8 Å². The van der Waals surface area contributed by atoms with E-state index in [1.54, 1.807) is 61.5 Å². The highest BCUT2D eigenvalue weighted by Crippen LogP contribution is 2.60. The fraction of sp³-hybridized carbons (Fsp3) is 0.673. The number of halogens is 11. The first-order valence-corrected chi connectivity index (χ1v) is 53.0. The summed E-state index contributed by atoms with van der Waals surface area (Å²) in [6.07, 6.45) is -4.47. The second-order valence-corrected chi connectivity index (χ2v) is 49.9. The number of ether oxygens (including phenoxy) is 7. The number of Topliss-reactive ketones (excluding diaryl/α,β-unsaturated/α-hetero) is 1. The minimum absolute atomic E-state index is 0.0160. The van der Waals surface area contributed by atoms with Crippen LogP contribution in [0.15, 0.2) is 54.6 Å². The summed E-state index contributed by atoms with van der Waals surface area (Å²) >= 11 is 18.5. The summed E-state index contributed by atoms with van der Waals surface area (Å²) in [4.78, 5) is 167. The molecule has 42 heteroatoms. The minimum Gasteiger partial charge on any atom is -0.480 e. The van der Waals surface area contributed by atoms with Gasteiger partial charge < -0.3 is 53.0 Å². The van der Waals surface area contributed by atoms with Gasteiger partial charge in [0, 0.05) is 64.4 Å². The Kier molecular flexibility index (Phi) is 31.4. The topological polar surface area (TPSA) is 389 Å². The van der Waals surface area contributed by atoms with Gasteiger partial charge in [0.15, 0.2) is 22.9 Å². The molecule has 20 atom stereocenters. The normalized spacial score (nSPS) is 30.7. The molecule has 0 unspecified atom stereocenters. The number of carboxylic acids is 1. The van der Waals surface area contributed by atoms with Crippen molar-refractivity contribution in [3.8, 4) is 17.6 Å². The summed E-state index contributed by atoms with van der Waals surface area (Å²) in [5.74, 6) is -25.5. The lowest BCUT2D eigenvalue weighted by Crippen LogP contribution is -2.50. The zero-order valence-electron chi connectivity index (χ0n) is 84.7. The number of nitrogens with zero attached hydrogens (tertiary/aromatic N) is 9. The molecule has 5 aliphatic carbocycles. The number of ketones is 1. The number of nitrogens with one attached hydrogen (secondary N) is 1. The average molecular weight is 2130 g/mol. The predicted octanol–water partition coefficient (Wildman–Crippen LogP) is 19.2. The summed E-state index contributed by atoms with van der Waals surface area (Å²) in [6.45, 7) is 27.0. The van der Waals surface area contributed by atoms with Crippen molar-refractivity contribution in [2.45, 2.75) is 341 Å². The van der Waals surface area contributed by atoms with Crippen LogP contribution in [-0.4, -0.2) is 209 Å². The Labute approximate surface area is 857 Å². The van der Waals surface area contributed by atoms with Crippen LogP contribution >= 0.6 is 34.8 Å². The molecule has 6 bridgehead atoms. The molecule has 0 radical (unpaired) electrons. The molecule has 0 spiro atoms. The first-order valence-electron chi connectivity index (χ1n) is 50.4. The number of esters is 4. The Balaban J connectivity index is 0.000000167. The molecule has 5 saturated carbocycles. The molecule has 30 nitrogen and oxygen atoms in total. The number of amides is 4. The molecule has 146 heavy (non-hydrogen) atoms. The van der Waals surface area contributed by atoms with Gasteiger partial charge in [-0.15, -0.1) is 0 Å². The largest absolute Gasteiger partial charge is 0.480 e. The van der Waals surface area contributed by atoms with Gasteiger partial charge in [-0.05, 0) is 193 Å². The van der Waals surface area contributed by atoms with E-state index in [0.29, 0.717) is 67.8 Å². The third-order valence-electron chi connectivity index (χ3n) is 30.8. The number of carbonyl (C=O) groups excluding carboxylic acids is 9. The van der Waals surface area contributed by atoms with Gasteiger partial charge in [0.05, 0.1) is 106 Å². The van der Waals surface area contributed by atoms with E-state index < -0.39 is 270 Å². The highest BCUT2D eigenvalue weighted by molar-refractivity contribution is 7.91. The van der Waals surface area contributed by atoms with Crippen LogP contribution in [0.4, 0.5) is 35.1 Å². The van der Waals surface area contributed by atoms with E-state index >= 15 is 26.3 Å². The van der Waals surface area contributed by atoms with Gasteiger partial charge in [-0.3, -0.25) is 43.1 Å². The number of aromatic nitrogens is 6. The van der Waals surface area contributed by atoms with Gasteiger partial charge in [-0.2, -0.15) is 26.3 Å². The number of hydrogen-bond donors (Lipinski definition) is 2. The highest BCUT2D eigenvalue weighted by Gasteiger charge is 2.68. The third kappa shape index (κ3) is 24.6. The van der Waals surface area contributed by atoms with Crippen LogP contribution in [0.3, 0.4) is 0 Å². The Morgan fingerprint density at radius 1 is 0.466 bits per heavy atom. The van der Waals surface area contributed by atoms with E-state index in [0.717, 1.165) is 0 Å². The maximum Gasteiger partial charge on any atom is 0.329 e. The number of rotatable bonds is 9. The molecule has 2 N–H and O–H groups in total. The van der Waals surface area contributed by atoms with Gasteiger partial charge in [0.2, 0.25) is 57.7 Å². The molecule has 17 rings (SSSR count). The zero-order valence-corrected chi connectivity index (χ0v) is 87.8. The number of aliphatic carboxylic acids is 1. The molecule has 3 aromatic heterocycles. The third-order valence-corrected chi connectivity index (χ3v) is 33.7. The molecule has 9 heterocycles. The number of sulfonamides is 1. The summed E-state index contributed by atoms with van der Waals surface area (Å²) in [6, 6.07) is 9.66. The predicted molar refractivity (Wildman–Crippen MR) is 519 cm³/mol. The number of hydrogen-bond acceptors (Lipinski definition) is 25. The number of carbonyl (C=O) groups is 10. The van der Waals surface area contributed by atoms with E-state index in [1.165, 1.54) is 77.1 Å². The maximum atomic E-state index is 16.2. The van der Waals surface area contributed by atoms with E-state index in [9.17, 15) is 70.3 Å². The van der Waals surface area contributed by atoms with Crippen LogP contribution in [0.1, 0.15) is 269 Å². The Bertz CT molecular complexity index is 6180. The molecule has 11 aliphatic rings. The van der Waals surface area contributed by atoms with E-state index in [4.69, 9.17) is 68.0 Å². The molecule has 3 saturated heterocycles. The van der Waals surface area contributed by atoms with Crippen molar-refractivity contribution < 1.29 is 130 Å². The summed E-state index contributed by atoms with van der Waals surface area (Å²) < 4.78 is 193. The first kappa shape index (κ1) is 110. The van der Waals surface area contributed by atoms with Gasteiger partial charge in [-0.1, -0.05) is 137 Å². The van der Waals surface area contributed by atoms with Crippen molar-refractivity contribution >= 4 is 137 Å². The SMILES string of the molecule is C[C@@H]1[C@@H]2CN(C(=O)[C@H](C(C)(C)C)CC(=O)O[C@@H]3C[C@H]3CCCCC(F)(F)c3nc4ccc(Cl)cc4nc3O2)[C@@H]1C(=O)C[C@]1(C(=O)NS(=O)(=O)C2(C)CC2)C[C@H]1C(F)F.C[C@@H]1[C@@H]2CN(C(=O)[C@H](C(C)(C)C)CC(=O)O[C@@H]3C[C@H]3CCCCC(F)(F)c3nc4ccc(Cl)cc4nc3O2)[C@@H]1C(=O)O.C[C@@H]1[C@@H]2CN(C(=O)[C@H](C(C)(C)C)CC(=O)O[C@@H]3C[C@H]3CCCCC(F)(F)c3nc4ccc(Cl)cc4nc3O2)[C@@H]1C(=O)OC(C)(C)C. The van der Waals surface area contributed by atoms with Crippen LogP contribution in [0.2, 0.25) is 15.1 Å². The molecule has 6 aromatic rings. The van der Waals surface area contributed by atoms with Crippen LogP contribution < -0.4 is 18.9 Å². The molecular weight excluding hydrogens is 2000 g/mol. The van der Waals surface area contributed by atoms with E-state index in [2.05, 4.69) is 29.9 Å². The summed E-state index contributed by atoms with van der Waals surface area (Å²) in [5, 5.41) is 11.1. The first-order chi connectivity index (χ1) is 67.9. The second kappa shape index (κ2) is 41.5. The van der Waals surface area contributed by atoms with E-state index in [1.807, 2.05) is 46.3 Å². The van der Waals surface area contributed by atoms with Crippen molar-refractivity contribution in [1.82, 2.24) is 49.3 Å². The van der Waals surface area contributed by atoms with Gasteiger partial charge in [0.1, 0.15) is 54.3 Å². The molecule has 3 aromatic carbocycles. The van der Waals surface area contributed by atoms with Crippen LogP contribution in [-0.2, 0) is 94.7 Å². The lowest BCUT2D eigenvalue weighted by atomic mass is 9.77. The van der Waals surface area contributed by atoms with Crippen molar-refractivity contribution in [3.63, 3.8) is 0 Å². The minimum atomic E-state index is -4.26. The fourth-order valence-electron chi connectivity index (χ4n) is 21.0. The van der Waals surface area contributed by atoms with Crippen molar-refractivity contribution in [1.29, 1.82) is 0 Å². The summed E-state index contributed by atoms with van der Waals surface area (Å²) in [5.41, 5.74) is -5.88. The molecule has 4 amide bonds. The Morgan fingerprint density at radius 2 is 0.788 bits per heavy atom. The second-order valence-electron chi connectivity index (χ2n) is 46.4. The van der Waals surface area contributed by atoms with E-state index in [-0.39, 0.29) is 145 Å². The van der Waals surface area contributed by atoms with Crippen molar-refractivity contribution in [2.24, 2.45) is 80.8 Å². The lowest BCUT2D eigenvalue weighted by molar-refractivity contribution is -0.166. The number of benzene rings is 3. The van der Waals surface area contributed by atoms with Crippen LogP contribution in [0, 0.1) is 80.8 Å². The smallest absolute Gasteiger partial charge is 0.329 e. The zero-order chi connectivity index (χ0) is 107. The molecule has 8 fully saturated rings. The fourth-order valence-corrected chi connectivity index (χ4v) is 22.9.